The summed E-state index contributed by atoms with van der Waals surface area (Å²) >= 11 is 0. The molecule has 0 aliphatic rings. The van der Waals surface area contributed by atoms with Crippen molar-refractivity contribution in [1.29, 1.82) is 0 Å². The first kappa shape index (κ1) is 21.2. The van der Waals surface area contributed by atoms with Gasteiger partial charge in [-0.25, -0.2) is 15.0 Å². The summed E-state index contributed by atoms with van der Waals surface area (Å²) in [7, 11) is 0. The third-order valence-electron chi connectivity index (χ3n) is 4.61. The Bertz CT molecular complexity index is 1230. The van der Waals surface area contributed by atoms with Gasteiger partial charge in [0.25, 0.3) is 0 Å². The van der Waals surface area contributed by atoms with Crippen LogP contribution in [0.2, 0.25) is 0 Å². The fourth-order valence-electron chi connectivity index (χ4n) is 3.09. The molecular weight excluding hydrogens is 408 g/mol. The lowest BCUT2D eigenvalue weighted by Gasteiger charge is -2.13. The van der Waals surface area contributed by atoms with E-state index in [4.69, 9.17) is 14.2 Å². The van der Waals surface area contributed by atoms with Crippen molar-refractivity contribution in [3.05, 3.63) is 66.7 Å². The molecular formula is C24H22N4O4. The maximum atomic E-state index is 10.9. The Labute approximate surface area is 185 Å². The van der Waals surface area contributed by atoms with Crippen LogP contribution < -0.4 is 9.47 Å². The summed E-state index contributed by atoms with van der Waals surface area (Å²) in [6.07, 6.45) is 5.82. The van der Waals surface area contributed by atoms with Crippen LogP contribution in [-0.4, -0.2) is 39.1 Å². The number of nitrogens with zero attached hydrogens (tertiary/aromatic N) is 4. The van der Waals surface area contributed by atoms with Crippen LogP contribution in [0.15, 0.2) is 61.1 Å². The van der Waals surface area contributed by atoms with Gasteiger partial charge >= 0.3 is 5.97 Å². The summed E-state index contributed by atoms with van der Waals surface area (Å²) < 4.78 is 16.9. The van der Waals surface area contributed by atoms with Crippen molar-refractivity contribution in [2.75, 3.05) is 13.2 Å². The van der Waals surface area contributed by atoms with Gasteiger partial charge < -0.3 is 14.2 Å². The summed E-state index contributed by atoms with van der Waals surface area (Å²) in [6.45, 7) is 3.83. The Kier molecular flexibility index (Phi) is 6.50. The molecule has 0 aliphatic carbocycles. The summed E-state index contributed by atoms with van der Waals surface area (Å²) in [5.74, 6) is 1.91. The predicted molar refractivity (Wildman–Crippen MR) is 119 cm³/mol. The quantitative estimate of drug-likeness (QED) is 0.300. The molecule has 0 saturated carbocycles. The number of aromatic nitrogens is 4. The first-order chi connectivity index (χ1) is 15.6. The predicted octanol–water partition coefficient (Wildman–Crippen LogP) is 4.38. The molecule has 0 fully saturated rings. The average Bonchev–Trinajstić information content (AvgIpc) is 2.83. The van der Waals surface area contributed by atoms with E-state index in [2.05, 4.69) is 19.9 Å². The maximum absolute atomic E-state index is 10.9. The lowest BCUT2D eigenvalue weighted by molar-refractivity contribution is -0.141. The van der Waals surface area contributed by atoms with E-state index in [1.165, 1.54) is 6.92 Å². The normalized spacial score (nSPS) is 10.7. The number of benzene rings is 1. The molecule has 32 heavy (non-hydrogen) atoms. The Morgan fingerprint density at radius 2 is 1.78 bits per heavy atom. The zero-order valence-corrected chi connectivity index (χ0v) is 17.8. The molecule has 0 aliphatic heterocycles. The van der Waals surface area contributed by atoms with E-state index in [1.54, 1.807) is 30.7 Å². The van der Waals surface area contributed by atoms with Gasteiger partial charge in [0.1, 0.15) is 24.7 Å². The van der Waals surface area contributed by atoms with Crippen molar-refractivity contribution in [3.8, 4) is 28.8 Å². The van der Waals surface area contributed by atoms with Crippen LogP contribution in [0.5, 0.6) is 17.2 Å². The number of fused-ring (bicyclic) bond motifs is 1. The molecule has 4 rings (SSSR count). The summed E-state index contributed by atoms with van der Waals surface area (Å²) in [4.78, 5) is 28.7. The molecule has 1 aromatic carbocycles. The molecule has 4 aromatic rings. The standard InChI is InChI=1S/C24H22N4O4/c1-3-17-5-8-22(23(28-17)24-26-10-4-11-27-24)32-21-9-12-25-20-7-6-18(15-19(20)21)31-14-13-30-16(2)29/h4-12,15H,3,13-14H2,1-2H3. The molecule has 3 heterocycles. The molecule has 8 nitrogen and oxygen atoms in total. The first-order valence-electron chi connectivity index (χ1n) is 10.2. The highest BCUT2D eigenvalue weighted by molar-refractivity contribution is 5.86. The highest BCUT2D eigenvalue weighted by Gasteiger charge is 2.15. The largest absolute Gasteiger partial charge is 0.490 e. The number of aryl methyl sites for hydroxylation is 1. The van der Waals surface area contributed by atoms with Crippen LogP contribution in [0.4, 0.5) is 0 Å². The molecule has 0 saturated heterocycles. The average molecular weight is 430 g/mol. The number of carbonyl (C=O) groups excluding carboxylic acids is 1. The van der Waals surface area contributed by atoms with Crippen LogP contribution in [0.1, 0.15) is 19.5 Å². The van der Waals surface area contributed by atoms with Gasteiger partial charge in [-0.3, -0.25) is 9.78 Å². The fourth-order valence-corrected chi connectivity index (χ4v) is 3.09. The number of carbonyl (C=O) groups is 1. The van der Waals surface area contributed by atoms with Crippen LogP contribution in [-0.2, 0) is 16.0 Å². The second kappa shape index (κ2) is 9.82. The molecule has 3 aromatic heterocycles. The highest BCUT2D eigenvalue weighted by atomic mass is 16.6. The van der Waals surface area contributed by atoms with E-state index in [0.717, 1.165) is 23.0 Å². The molecule has 0 unspecified atom stereocenters. The first-order valence-corrected chi connectivity index (χ1v) is 10.2. The van der Waals surface area contributed by atoms with E-state index in [0.29, 0.717) is 28.8 Å². The number of pyridine rings is 2. The van der Waals surface area contributed by atoms with Gasteiger partial charge in [-0.05, 0) is 48.9 Å². The van der Waals surface area contributed by atoms with Crippen molar-refractivity contribution in [2.45, 2.75) is 20.3 Å². The molecule has 0 atom stereocenters. The highest BCUT2D eigenvalue weighted by Crippen LogP contribution is 2.35. The van der Waals surface area contributed by atoms with Crippen molar-refractivity contribution in [1.82, 2.24) is 19.9 Å². The number of rotatable bonds is 8. The molecule has 0 radical (unpaired) electrons. The zero-order chi connectivity index (χ0) is 22.3. The van der Waals surface area contributed by atoms with E-state index < -0.39 is 0 Å². The maximum Gasteiger partial charge on any atom is 0.302 e. The number of hydrogen-bond acceptors (Lipinski definition) is 8. The SMILES string of the molecule is CCc1ccc(Oc2ccnc3ccc(OCCOC(C)=O)cc23)c(-c2ncccn2)n1. The molecule has 0 spiro atoms. The third-order valence-corrected chi connectivity index (χ3v) is 4.61. The number of esters is 1. The Morgan fingerprint density at radius 3 is 2.56 bits per heavy atom. The van der Waals surface area contributed by atoms with E-state index in [-0.39, 0.29) is 19.2 Å². The lowest BCUT2D eigenvalue weighted by atomic mass is 10.2. The minimum Gasteiger partial charge on any atom is -0.490 e. The van der Waals surface area contributed by atoms with E-state index in [9.17, 15) is 4.79 Å². The summed E-state index contributed by atoms with van der Waals surface area (Å²) in [6, 6.07) is 12.9. The van der Waals surface area contributed by atoms with Crippen LogP contribution in [0.25, 0.3) is 22.4 Å². The summed E-state index contributed by atoms with van der Waals surface area (Å²) in [5.41, 5.74) is 2.25. The van der Waals surface area contributed by atoms with Gasteiger partial charge in [0.05, 0.1) is 5.52 Å². The molecule has 8 heteroatoms. The Hall–Kier alpha value is -4.07. The molecule has 0 bridgehead atoms. The van der Waals surface area contributed by atoms with Gasteiger partial charge in [-0.15, -0.1) is 0 Å². The third kappa shape index (κ3) is 4.97. The van der Waals surface area contributed by atoms with Gasteiger partial charge in [-0.2, -0.15) is 0 Å². The van der Waals surface area contributed by atoms with E-state index in [1.807, 2.05) is 37.3 Å². The van der Waals surface area contributed by atoms with Crippen molar-refractivity contribution in [2.24, 2.45) is 0 Å². The minimum absolute atomic E-state index is 0.180. The molecule has 0 amide bonds. The zero-order valence-electron chi connectivity index (χ0n) is 17.8. The fraction of sp³-hybridized carbons (Fsp3) is 0.208. The monoisotopic (exact) mass is 430 g/mol. The Balaban J connectivity index is 1.65. The Morgan fingerprint density at radius 1 is 0.938 bits per heavy atom. The van der Waals surface area contributed by atoms with Crippen molar-refractivity contribution >= 4 is 16.9 Å². The second-order valence-corrected chi connectivity index (χ2v) is 6.85. The number of hydrogen-bond donors (Lipinski definition) is 0. The van der Waals surface area contributed by atoms with Crippen molar-refractivity contribution < 1.29 is 19.0 Å². The molecule has 162 valence electrons. The number of ether oxygens (including phenoxy) is 3. The van der Waals surface area contributed by atoms with Crippen LogP contribution in [0.3, 0.4) is 0 Å². The minimum atomic E-state index is -0.340. The van der Waals surface area contributed by atoms with E-state index >= 15 is 0 Å². The van der Waals surface area contributed by atoms with Gasteiger partial charge in [0.15, 0.2) is 17.3 Å². The topological polar surface area (TPSA) is 96.3 Å². The molecule has 0 N–H and O–H groups in total. The lowest BCUT2D eigenvalue weighted by Crippen LogP contribution is -2.09. The van der Waals surface area contributed by atoms with Gasteiger partial charge in [-0.1, -0.05) is 6.92 Å². The van der Waals surface area contributed by atoms with Crippen molar-refractivity contribution in [3.63, 3.8) is 0 Å². The smallest absolute Gasteiger partial charge is 0.302 e. The van der Waals surface area contributed by atoms with Gasteiger partial charge in [0.2, 0.25) is 0 Å². The van der Waals surface area contributed by atoms with Crippen LogP contribution >= 0.6 is 0 Å². The van der Waals surface area contributed by atoms with Crippen LogP contribution in [0, 0.1) is 0 Å². The van der Waals surface area contributed by atoms with Gasteiger partial charge in [0, 0.05) is 36.6 Å². The second-order valence-electron chi connectivity index (χ2n) is 6.85. The summed E-state index contributed by atoms with van der Waals surface area (Å²) in [5, 5.41) is 0.775.